The summed E-state index contributed by atoms with van der Waals surface area (Å²) in [5, 5.41) is 15.2. The van der Waals surface area contributed by atoms with E-state index in [1.54, 1.807) is 12.4 Å². The quantitative estimate of drug-likeness (QED) is 0.734. The normalized spacial score (nSPS) is 16.0. The third kappa shape index (κ3) is 1.39. The van der Waals surface area contributed by atoms with Gasteiger partial charge in [-0.15, -0.1) is 0 Å². The Labute approximate surface area is 116 Å². The van der Waals surface area contributed by atoms with Gasteiger partial charge in [0.15, 0.2) is 0 Å². The molecule has 3 aromatic rings. The van der Waals surface area contributed by atoms with E-state index in [1.165, 1.54) is 0 Å². The van der Waals surface area contributed by atoms with Gasteiger partial charge in [-0.1, -0.05) is 24.3 Å². The fourth-order valence-corrected chi connectivity index (χ4v) is 2.94. The van der Waals surface area contributed by atoms with Crippen LogP contribution in [0.1, 0.15) is 17.2 Å². The number of aromatic nitrogens is 3. The van der Waals surface area contributed by atoms with Crippen molar-refractivity contribution in [2.45, 2.75) is 6.10 Å². The highest BCUT2D eigenvalue weighted by atomic mass is 16.3. The minimum absolute atomic E-state index is 0.620. The largest absolute Gasteiger partial charge is 0.383 e. The molecular weight excluding hydrogens is 250 g/mol. The molecule has 1 aromatic carbocycles. The molecule has 4 nitrogen and oxygen atoms in total. The van der Waals surface area contributed by atoms with Crippen molar-refractivity contribution >= 4 is 0 Å². The van der Waals surface area contributed by atoms with E-state index in [1.807, 2.05) is 48.1 Å². The Morgan fingerprint density at radius 1 is 1.15 bits per heavy atom. The van der Waals surface area contributed by atoms with Gasteiger partial charge in [0.05, 0.1) is 5.69 Å². The first-order valence-corrected chi connectivity index (χ1v) is 6.52. The first kappa shape index (κ1) is 11.4. The fourth-order valence-electron chi connectivity index (χ4n) is 2.94. The molecule has 0 aliphatic heterocycles. The molecule has 4 heteroatoms. The fraction of sp³-hybridized carbons (Fsp3) is 0.125. The molecule has 1 N–H and O–H groups in total. The van der Waals surface area contributed by atoms with Gasteiger partial charge in [0.1, 0.15) is 11.8 Å². The number of nitrogens with zero attached hydrogens (tertiary/aromatic N) is 3. The van der Waals surface area contributed by atoms with Gasteiger partial charge in [-0.05, 0) is 17.7 Å². The summed E-state index contributed by atoms with van der Waals surface area (Å²) in [6.07, 6.45) is 2.89. The zero-order valence-electron chi connectivity index (χ0n) is 11.0. The molecule has 1 aliphatic carbocycles. The molecule has 0 radical (unpaired) electrons. The maximum atomic E-state index is 10.6. The van der Waals surface area contributed by atoms with Crippen LogP contribution in [0.15, 0.2) is 48.8 Å². The van der Waals surface area contributed by atoms with Crippen molar-refractivity contribution < 1.29 is 5.11 Å². The molecule has 0 spiro atoms. The predicted octanol–water partition coefficient (Wildman–Crippen LogP) is 2.54. The van der Waals surface area contributed by atoms with Crippen LogP contribution in [0, 0.1) is 0 Å². The van der Waals surface area contributed by atoms with Crippen LogP contribution in [0.3, 0.4) is 0 Å². The van der Waals surface area contributed by atoms with Gasteiger partial charge in [-0.3, -0.25) is 9.67 Å². The van der Waals surface area contributed by atoms with Crippen LogP contribution in [0.25, 0.3) is 22.5 Å². The van der Waals surface area contributed by atoms with Crippen molar-refractivity contribution in [1.82, 2.24) is 14.8 Å². The topological polar surface area (TPSA) is 50.9 Å². The highest BCUT2D eigenvalue weighted by molar-refractivity contribution is 5.82. The summed E-state index contributed by atoms with van der Waals surface area (Å²) in [4.78, 5) is 4.14. The summed E-state index contributed by atoms with van der Waals surface area (Å²) in [6.45, 7) is 0. The molecule has 20 heavy (non-hydrogen) atoms. The molecule has 0 fully saturated rings. The van der Waals surface area contributed by atoms with Crippen molar-refractivity contribution in [2.24, 2.45) is 7.05 Å². The molecule has 1 atom stereocenters. The average Bonchev–Trinajstić information content (AvgIpc) is 2.98. The van der Waals surface area contributed by atoms with Gasteiger partial charge in [-0.2, -0.15) is 5.10 Å². The molecule has 0 bridgehead atoms. The minimum Gasteiger partial charge on any atom is -0.383 e. The number of rotatable bonds is 1. The van der Waals surface area contributed by atoms with E-state index in [2.05, 4.69) is 10.1 Å². The Morgan fingerprint density at radius 3 is 2.80 bits per heavy atom. The van der Waals surface area contributed by atoms with E-state index in [4.69, 9.17) is 0 Å². The highest BCUT2D eigenvalue weighted by Gasteiger charge is 2.33. The van der Waals surface area contributed by atoms with E-state index in [9.17, 15) is 5.11 Å². The molecule has 4 rings (SSSR count). The van der Waals surface area contributed by atoms with E-state index in [-0.39, 0.29) is 0 Å². The summed E-state index contributed by atoms with van der Waals surface area (Å²) in [6, 6.07) is 11.8. The number of fused-ring (bicyclic) bond motifs is 3. The van der Waals surface area contributed by atoms with Crippen LogP contribution in [0.5, 0.6) is 0 Å². The first-order chi connectivity index (χ1) is 9.77. The van der Waals surface area contributed by atoms with Gasteiger partial charge in [-0.25, -0.2) is 0 Å². The van der Waals surface area contributed by atoms with Gasteiger partial charge in [0, 0.05) is 36.1 Å². The van der Waals surface area contributed by atoms with Crippen LogP contribution in [-0.2, 0) is 7.05 Å². The minimum atomic E-state index is -0.620. The van der Waals surface area contributed by atoms with Crippen LogP contribution >= 0.6 is 0 Å². The van der Waals surface area contributed by atoms with Gasteiger partial charge >= 0.3 is 0 Å². The van der Waals surface area contributed by atoms with E-state index in [0.29, 0.717) is 0 Å². The Bertz CT molecular complexity index is 793. The van der Waals surface area contributed by atoms with Crippen LogP contribution in [-0.4, -0.2) is 19.9 Å². The van der Waals surface area contributed by atoms with Crippen molar-refractivity contribution in [1.29, 1.82) is 0 Å². The highest BCUT2D eigenvalue weighted by Crippen LogP contribution is 2.46. The van der Waals surface area contributed by atoms with E-state index >= 15 is 0 Å². The number of aliphatic hydroxyl groups is 1. The maximum absolute atomic E-state index is 10.6. The molecule has 0 saturated heterocycles. The predicted molar refractivity (Wildman–Crippen MR) is 75.9 cm³/mol. The Balaban J connectivity index is 2.01. The second-order valence-corrected chi connectivity index (χ2v) is 4.97. The molecule has 98 valence electrons. The third-order valence-electron chi connectivity index (χ3n) is 3.80. The van der Waals surface area contributed by atoms with Crippen molar-refractivity contribution in [3.05, 3.63) is 59.9 Å². The van der Waals surface area contributed by atoms with Crippen LogP contribution < -0.4 is 0 Å². The van der Waals surface area contributed by atoms with Crippen molar-refractivity contribution in [2.75, 3.05) is 0 Å². The van der Waals surface area contributed by atoms with Crippen molar-refractivity contribution in [3.63, 3.8) is 0 Å². The summed E-state index contributed by atoms with van der Waals surface area (Å²) in [7, 11) is 1.91. The van der Waals surface area contributed by atoms with Gasteiger partial charge < -0.3 is 5.11 Å². The van der Waals surface area contributed by atoms with Crippen LogP contribution in [0.4, 0.5) is 0 Å². The smallest absolute Gasteiger partial charge is 0.109 e. The molecular formula is C16H13N3O. The number of aliphatic hydroxyl groups excluding tert-OH is 1. The standard InChI is InChI=1S/C16H13N3O/c1-19-15-11-6-2-3-7-12(11)16(20)13(15)14(18-19)10-5-4-8-17-9-10/h2-9,16,20H,1H3. The summed E-state index contributed by atoms with van der Waals surface area (Å²) in [5.41, 5.74) is 5.60. The SMILES string of the molecule is Cn1nc(-c2cccnc2)c2c1-c1ccccc1C2O. The van der Waals surface area contributed by atoms with Gasteiger partial charge in [0.2, 0.25) is 0 Å². The summed E-state index contributed by atoms with van der Waals surface area (Å²) >= 11 is 0. The van der Waals surface area contributed by atoms with Crippen LogP contribution in [0.2, 0.25) is 0 Å². The Kier molecular flexibility index (Phi) is 2.28. The van der Waals surface area contributed by atoms with Crippen molar-refractivity contribution in [3.8, 4) is 22.5 Å². The molecule has 2 aromatic heterocycles. The summed E-state index contributed by atoms with van der Waals surface area (Å²) in [5.74, 6) is 0. The molecule has 0 amide bonds. The lowest BCUT2D eigenvalue weighted by molar-refractivity contribution is 0.225. The lowest BCUT2D eigenvalue weighted by Crippen LogP contribution is -1.97. The number of benzene rings is 1. The summed E-state index contributed by atoms with van der Waals surface area (Å²) < 4.78 is 1.84. The Hall–Kier alpha value is -2.46. The number of aryl methyl sites for hydroxylation is 1. The second-order valence-electron chi connectivity index (χ2n) is 4.97. The molecule has 1 aliphatic rings. The lowest BCUT2D eigenvalue weighted by atomic mass is 10.0. The molecule has 2 heterocycles. The first-order valence-electron chi connectivity index (χ1n) is 6.52. The molecule has 1 unspecified atom stereocenters. The number of pyridine rings is 1. The monoisotopic (exact) mass is 263 g/mol. The average molecular weight is 263 g/mol. The zero-order valence-corrected chi connectivity index (χ0v) is 11.0. The third-order valence-corrected chi connectivity index (χ3v) is 3.80. The number of hydrogen-bond donors (Lipinski definition) is 1. The molecule has 0 saturated carbocycles. The van der Waals surface area contributed by atoms with E-state index < -0.39 is 6.10 Å². The second kappa shape index (κ2) is 4.02. The maximum Gasteiger partial charge on any atom is 0.109 e. The number of hydrogen-bond acceptors (Lipinski definition) is 3. The Morgan fingerprint density at radius 2 is 2.00 bits per heavy atom. The van der Waals surface area contributed by atoms with E-state index in [0.717, 1.165) is 33.6 Å². The van der Waals surface area contributed by atoms with Gasteiger partial charge in [0.25, 0.3) is 0 Å². The lowest BCUT2D eigenvalue weighted by Gasteiger charge is -2.07. The zero-order chi connectivity index (χ0) is 13.7.